The summed E-state index contributed by atoms with van der Waals surface area (Å²) in [6.45, 7) is 6.52. The van der Waals surface area contributed by atoms with Gasteiger partial charge in [-0.15, -0.1) is 0 Å². The third kappa shape index (κ3) is 5.55. The number of benzene rings is 1. The average Bonchev–Trinajstić information content (AvgIpc) is 2.37. The minimum atomic E-state index is -3.76. The van der Waals surface area contributed by atoms with Gasteiger partial charge in [0.1, 0.15) is 5.75 Å². The second-order valence-electron chi connectivity index (χ2n) is 4.84. The fraction of sp³-hybridized carbons (Fsp3) is 0.500. The highest BCUT2D eigenvalue weighted by atomic mass is 35.7. The molecule has 0 spiro atoms. The van der Waals surface area contributed by atoms with Crippen LogP contribution in [0.5, 0.6) is 5.75 Å². The van der Waals surface area contributed by atoms with Crippen molar-refractivity contribution in [1.29, 1.82) is 0 Å². The Hall–Kier alpha value is -1.27. The zero-order chi connectivity index (χ0) is 16.0. The smallest absolute Gasteiger partial charge is 0.261 e. The van der Waals surface area contributed by atoms with Gasteiger partial charge in [0.25, 0.3) is 9.05 Å². The molecule has 0 aliphatic heterocycles. The van der Waals surface area contributed by atoms with Gasteiger partial charge < -0.3 is 10.1 Å². The van der Waals surface area contributed by atoms with Gasteiger partial charge in [-0.1, -0.05) is 13.8 Å². The van der Waals surface area contributed by atoms with Crippen LogP contribution in [0.2, 0.25) is 0 Å². The lowest BCUT2D eigenvalue weighted by molar-refractivity contribution is -0.121. The molecule has 1 amide bonds. The molecule has 1 aromatic rings. The van der Waals surface area contributed by atoms with Crippen LogP contribution in [0.25, 0.3) is 0 Å². The molecular formula is C14H20ClNO4S. The van der Waals surface area contributed by atoms with Crippen molar-refractivity contribution in [2.24, 2.45) is 0 Å². The Morgan fingerprint density at radius 1 is 1.38 bits per heavy atom. The summed E-state index contributed by atoms with van der Waals surface area (Å²) in [6, 6.07) is 4.48. The first kappa shape index (κ1) is 17.8. The second-order valence-corrected chi connectivity index (χ2v) is 7.41. The van der Waals surface area contributed by atoms with E-state index < -0.39 is 9.05 Å². The summed E-state index contributed by atoms with van der Waals surface area (Å²) in [4.78, 5) is 11.4. The van der Waals surface area contributed by atoms with E-state index in [1.165, 1.54) is 12.1 Å². The van der Waals surface area contributed by atoms with E-state index in [0.29, 0.717) is 12.3 Å². The van der Waals surface area contributed by atoms with E-state index in [1.807, 2.05) is 20.8 Å². The first-order chi connectivity index (χ1) is 9.75. The molecule has 21 heavy (non-hydrogen) atoms. The minimum Gasteiger partial charge on any atom is -0.493 e. The van der Waals surface area contributed by atoms with Gasteiger partial charge in [0.05, 0.1) is 17.9 Å². The largest absolute Gasteiger partial charge is 0.493 e. The van der Waals surface area contributed by atoms with E-state index in [2.05, 4.69) is 5.32 Å². The van der Waals surface area contributed by atoms with Crippen molar-refractivity contribution in [2.75, 3.05) is 13.2 Å². The van der Waals surface area contributed by atoms with Crippen LogP contribution in [0.3, 0.4) is 0 Å². The van der Waals surface area contributed by atoms with Crippen LogP contribution in [-0.2, 0) is 13.8 Å². The molecule has 0 atom stereocenters. The molecule has 1 rings (SSSR count). The van der Waals surface area contributed by atoms with E-state index in [1.54, 1.807) is 6.07 Å². The lowest BCUT2D eigenvalue weighted by Crippen LogP contribution is -2.24. The van der Waals surface area contributed by atoms with E-state index in [4.69, 9.17) is 15.4 Å². The Kier molecular flexibility index (Phi) is 6.48. The Morgan fingerprint density at radius 2 is 2.05 bits per heavy atom. The van der Waals surface area contributed by atoms with Crippen molar-refractivity contribution in [3.63, 3.8) is 0 Å². The van der Waals surface area contributed by atoms with E-state index in [9.17, 15) is 13.2 Å². The summed E-state index contributed by atoms with van der Waals surface area (Å²) in [5.41, 5.74) is 0.743. The Labute approximate surface area is 130 Å². The lowest BCUT2D eigenvalue weighted by atomic mass is 10.0. The monoisotopic (exact) mass is 333 g/mol. The summed E-state index contributed by atoms with van der Waals surface area (Å²) in [7, 11) is 1.58. The molecule has 0 saturated carbocycles. The quantitative estimate of drug-likeness (QED) is 0.778. The van der Waals surface area contributed by atoms with Gasteiger partial charge in [-0.2, -0.15) is 0 Å². The van der Waals surface area contributed by atoms with Crippen molar-refractivity contribution >= 4 is 25.6 Å². The summed E-state index contributed by atoms with van der Waals surface area (Å²) in [6.07, 6.45) is 0.251. The van der Waals surface area contributed by atoms with Gasteiger partial charge in [0, 0.05) is 17.2 Å². The summed E-state index contributed by atoms with van der Waals surface area (Å²) < 4.78 is 28.3. The molecule has 0 bridgehead atoms. The highest BCUT2D eigenvalue weighted by Gasteiger charge is 2.16. The molecule has 7 heteroatoms. The number of hydrogen-bond donors (Lipinski definition) is 1. The number of hydrogen-bond acceptors (Lipinski definition) is 4. The maximum Gasteiger partial charge on any atom is 0.261 e. The highest BCUT2D eigenvalue weighted by molar-refractivity contribution is 8.13. The summed E-state index contributed by atoms with van der Waals surface area (Å²) in [5, 5.41) is 2.68. The first-order valence-corrected chi connectivity index (χ1v) is 9.04. The van der Waals surface area contributed by atoms with Crippen molar-refractivity contribution in [3.8, 4) is 5.75 Å². The summed E-state index contributed by atoms with van der Waals surface area (Å²) in [5.74, 6) is 0.560. The third-order valence-electron chi connectivity index (χ3n) is 2.85. The molecular weight excluding hydrogens is 314 g/mol. The van der Waals surface area contributed by atoms with Gasteiger partial charge in [0.2, 0.25) is 5.91 Å². The van der Waals surface area contributed by atoms with Crippen LogP contribution in [0.15, 0.2) is 23.1 Å². The van der Waals surface area contributed by atoms with Crippen molar-refractivity contribution in [2.45, 2.75) is 38.0 Å². The van der Waals surface area contributed by atoms with Gasteiger partial charge in [0.15, 0.2) is 0 Å². The van der Waals surface area contributed by atoms with Crippen LogP contribution in [-0.4, -0.2) is 27.5 Å². The molecule has 0 aliphatic carbocycles. The van der Waals surface area contributed by atoms with E-state index in [0.717, 1.165) is 5.56 Å². The number of halogens is 1. The number of carbonyl (C=O) groups excluding carboxylic acids is 1. The minimum absolute atomic E-state index is 0.0453. The molecule has 0 saturated heterocycles. The molecule has 0 aromatic heterocycles. The van der Waals surface area contributed by atoms with E-state index in [-0.39, 0.29) is 29.7 Å². The van der Waals surface area contributed by atoms with Gasteiger partial charge in [-0.25, -0.2) is 8.42 Å². The molecule has 1 N–H and O–H groups in total. The van der Waals surface area contributed by atoms with Gasteiger partial charge in [-0.05, 0) is 36.6 Å². The number of carbonyl (C=O) groups is 1. The fourth-order valence-corrected chi connectivity index (χ4v) is 2.59. The predicted molar refractivity (Wildman–Crippen MR) is 82.4 cm³/mol. The Balaban J connectivity index is 2.85. The van der Waals surface area contributed by atoms with Crippen LogP contribution in [0.1, 0.15) is 38.7 Å². The fourth-order valence-electron chi connectivity index (χ4n) is 1.80. The predicted octanol–water partition coefficient (Wildman–Crippen LogP) is 2.64. The molecule has 5 nitrogen and oxygen atoms in total. The molecule has 0 heterocycles. The molecule has 0 aliphatic rings. The zero-order valence-electron chi connectivity index (χ0n) is 12.3. The molecule has 0 radical (unpaired) electrons. The van der Waals surface area contributed by atoms with Crippen molar-refractivity contribution < 1.29 is 17.9 Å². The normalized spacial score (nSPS) is 11.5. The van der Waals surface area contributed by atoms with Crippen LogP contribution in [0.4, 0.5) is 0 Å². The van der Waals surface area contributed by atoms with E-state index >= 15 is 0 Å². The summed E-state index contributed by atoms with van der Waals surface area (Å²) >= 11 is 0. The topological polar surface area (TPSA) is 72.5 Å². The molecule has 0 fully saturated rings. The maximum absolute atomic E-state index is 11.4. The third-order valence-corrected chi connectivity index (χ3v) is 4.20. The molecule has 118 valence electrons. The zero-order valence-corrected chi connectivity index (χ0v) is 13.9. The lowest BCUT2D eigenvalue weighted by Gasteiger charge is -2.15. The number of amides is 1. The maximum atomic E-state index is 11.4. The van der Waals surface area contributed by atoms with Gasteiger partial charge in [-0.3, -0.25) is 4.79 Å². The highest BCUT2D eigenvalue weighted by Crippen LogP contribution is 2.30. The Morgan fingerprint density at radius 3 is 2.57 bits per heavy atom. The van der Waals surface area contributed by atoms with Crippen LogP contribution >= 0.6 is 10.7 Å². The SMILES string of the molecule is CCNC(=O)CCOc1ccc(S(=O)(=O)Cl)cc1C(C)C. The van der Waals surface area contributed by atoms with Crippen molar-refractivity contribution in [3.05, 3.63) is 23.8 Å². The number of nitrogens with one attached hydrogen (secondary N) is 1. The standard InChI is InChI=1S/C14H20ClNO4S/c1-4-16-14(17)7-8-20-13-6-5-11(21(15,18)19)9-12(13)10(2)3/h5-6,9-10H,4,7-8H2,1-3H3,(H,16,17). The average molecular weight is 334 g/mol. The van der Waals surface area contributed by atoms with Crippen LogP contribution < -0.4 is 10.1 Å². The molecule has 1 aromatic carbocycles. The number of ether oxygens (including phenoxy) is 1. The second kappa shape index (κ2) is 7.66. The Bertz CT molecular complexity index is 599. The van der Waals surface area contributed by atoms with Gasteiger partial charge >= 0.3 is 0 Å². The first-order valence-electron chi connectivity index (χ1n) is 6.73. The van der Waals surface area contributed by atoms with Crippen molar-refractivity contribution in [1.82, 2.24) is 5.32 Å². The van der Waals surface area contributed by atoms with Crippen LogP contribution in [0, 0.1) is 0 Å². The molecule has 0 unspecified atom stereocenters. The number of rotatable bonds is 7.